The minimum atomic E-state index is -0.742. The largest absolute Gasteiger partial charge is 0.481 e. The standard InChI is InChI=1S/C12H17NO2/c1-9-4-3-5-11(6-9)13-8-10(2)7-12(14)15/h3-6,10,13H,7-8H2,1-2H3,(H,14,15). The molecule has 1 unspecified atom stereocenters. The normalized spacial score (nSPS) is 12.1. The van der Waals surface area contributed by atoms with Gasteiger partial charge in [-0.25, -0.2) is 0 Å². The van der Waals surface area contributed by atoms with Crippen molar-refractivity contribution in [2.24, 2.45) is 5.92 Å². The number of rotatable bonds is 5. The van der Waals surface area contributed by atoms with Crippen molar-refractivity contribution >= 4 is 11.7 Å². The van der Waals surface area contributed by atoms with Gasteiger partial charge in [-0.3, -0.25) is 4.79 Å². The molecule has 0 aliphatic heterocycles. The fourth-order valence-electron chi connectivity index (χ4n) is 1.42. The van der Waals surface area contributed by atoms with Gasteiger partial charge in [0.05, 0.1) is 0 Å². The average molecular weight is 207 g/mol. The number of carboxylic acid groups (broad SMARTS) is 1. The van der Waals surface area contributed by atoms with E-state index in [0.717, 1.165) is 5.69 Å². The molecule has 0 aliphatic carbocycles. The summed E-state index contributed by atoms with van der Waals surface area (Å²) in [6, 6.07) is 8.05. The maximum atomic E-state index is 10.4. The highest BCUT2D eigenvalue weighted by molar-refractivity contribution is 5.67. The highest BCUT2D eigenvalue weighted by Gasteiger charge is 2.06. The van der Waals surface area contributed by atoms with E-state index >= 15 is 0 Å². The molecule has 3 heteroatoms. The molecule has 0 fully saturated rings. The second-order valence-electron chi connectivity index (χ2n) is 3.95. The minimum Gasteiger partial charge on any atom is -0.481 e. The van der Waals surface area contributed by atoms with E-state index in [1.807, 2.05) is 38.1 Å². The van der Waals surface area contributed by atoms with Crippen LogP contribution in [0.15, 0.2) is 24.3 Å². The summed E-state index contributed by atoms with van der Waals surface area (Å²) in [5, 5.41) is 11.8. The summed E-state index contributed by atoms with van der Waals surface area (Å²) < 4.78 is 0. The Balaban J connectivity index is 2.40. The first-order chi connectivity index (χ1) is 7.08. The van der Waals surface area contributed by atoms with Gasteiger partial charge in [-0.15, -0.1) is 0 Å². The van der Waals surface area contributed by atoms with Crippen LogP contribution in [0.3, 0.4) is 0 Å². The Hall–Kier alpha value is -1.51. The predicted molar refractivity (Wildman–Crippen MR) is 61.1 cm³/mol. The van der Waals surface area contributed by atoms with Crippen LogP contribution in [0.25, 0.3) is 0 Å². The SMILES string of the molecule is Cc1cccc(NCC(C)CC(=O)O)c1. The first-order valence-corrected chi connectivity index (χ1v) is 5.10. The van der Waals surface area contributed by atoms with Gasteiger partial charge in [0, 0.05) is 18.7 Å². The first-order valence-electron chi connectivity index (χ1n) is 5.10. The third-order valence-corrected chi connectivity index (χ3v) is 2.20. The van der Waals surface area contributed by atoms with E-state index in [9.17, 15) is 4.79 Å². The summed E-state index contributed by atoms with van der Waals surface area (Å²) >= 11 is 0. The summed E-state index contributed by atoms with van der Waals surface area (Å²) in [5.74, 6) is -0.600. The molecule has 0 bridgehead atoms. The summed E-state index contributed by atoms with van der Waals surface area (Å²) in [4.78, 5) is 10.4. The first kappa shape index (κ1) is 11.6. The second kappa shape index (κ2) is 5.39. The molecular weight excluding hydrogens is 190 g/mol. The van der Waals surface area contributed by atoms with Gasteiger partial charge in [0.15, 0.2) is 0 Å². The van der Waals surface area contributed by atoms with Crippen LogP contribution in [-0.4, -0.2) is 17.6 Å². The topological polar surface area (TPSA) is 49.3 Å². The fourth-order valence-corrected chi connectivity index (χ4v) is 1.42. The van der Waals surface area contributed by atoms with E-state index < -0.39 is 5.97 Å². The zero-order valence-corrected chi connectivity index (χ0v) is 9.16. The van der Waals surface area contributed by atoms with E-state index in [4.69, 9.17) is 5.11 Å². The van der Waals surface area contributed by atoms with Crippen molar-refractivity contribution in [3.05, 3.63) is 29.8 Å². The smallest absolute Gasteiger partial charge is 0.303 e. The fraction of sp³-hybridized carbons (Fsp3) is 0.417. The van der Waals surface area contributed by atoms with Gasteiger partial charge in [-0.05, 0) is 30.5 Å². The molecule has 1 atom stereocenters. The molecule has 0 saturated heterocycles. The molecule has 82 valence electrons. The highest BCUT2D eigenvalue weighted by Crippen LogP contribution is 2.11. The van der Waals surface area contributed by atoms with Gasteiger partial charge in [-0.2, -0.15) is 0 Å². The van der Waals surface area contributed by atoms with Crippen molar-refractivity contribution in [3.8, 4) is 0 Å². The molecule has 0 amide bonds. The van der Waals surface area contributed by atoms with Crippen molar-refractivity contribution in [1.29, 1.82) is 0 Å². The molecular formula is C12H17NO2. The van der Waals surface area contributed by atoms with Crippen molar-refractivity contribution in [1.82, 2.24) is 0 Å². The number of benzene rings is 1. The molecule has 1 rings (SSSR count). The molecule has 15 heavy (non-hydrogen) atoms. The van der Waals surface area contributed by atoms with Gasteiger partial charge in [-0.1, -0.05) is 19.1 Å². The molecule has 1 aromatic rings. The predicted octanol–water partition coefficient (Wildman–Crippen LogP) is 2.52. The lowest BCUT2D eigenvalue weighted by molar-refractivity contribution is -0.137. The number of carbonyl (C=O) groups is 1. The number of anilines is 1. The van der Waals surface area contributed by atoms with Crippen molar-refractivity contribution < 1.29 is 9.90 Å². The van der Waals surface area contributed by atoms with Crippen LogP contribution in [0.1, 0.15) is 18.9 Å². The third kappa shape index (κ3) is 4.49. The Bertz CT molecular complexity index is 336. The quantitative estimate of drug-likeness (QED) is 0.780. The number of hydrogen-bond donors (Lipinski definition) is 2. The van der Waals surface area contributed by atoms with E-state index in [-0.39, 0.29) is 12.3 Å². The second-order valence-corrected chi connectivity index (χ2v) is 3.95. The molecule has 1 aromatic carbocycles. The zero-order valence-electron chi connectivity index (χ0n) is 9.16. The van der Waals surface area contributed by atoms with Gasteiger partial charge >= 0.3 is 5.97 Å². The molecule has 0 spiro atoms. The van der Waals surface area contributed by atoms with Crippen LogP contribution in [0.5, 0.6) is 0 Å². The number of hydrogen-bond acceptors (Lipinski definition) is 2. The van der Waals surface area contributed by atoms with Crippen molar-refractivity contribution in [2.45, 2.75) is 20.3 Å². The summed E-state index contributed by atoms with van der Waals surface area (Å²) in [6.45, 7) is 4.65. The Kier molecular flexibility index (Phi) is 4.16. The zero-order chi connectivity index (χ0) is 11.3. The van der Waals surface area contributed by atoms with E-state index in [0.29, 0.717) is 6.54 Å². The van der Waals surface area contributed by atoms with Crippen LogP contribution >= 0.6 is 0 Å². The lowest BCUT2D eigenvalue weighted by Gasteiger charge is -2.11. The Morgan fingerprint density at radius 1 is 1.53 bits per heavy atom. The molecule has 0 radical (unpaired) electrons. The van der Waals surface area contributed by atoms with Crippen LogP contribution in [0, 0.1) is 12.8 Å². The van der Waals surface area contributed by atoms with Gasteiger partial charge in [0.25, 0.3) is 0 Å². The van der Waals surface area contributed by atoms with Crippen molar-refractivity contribution in [2.75, 3.05) is 11.9 Å². The van der Waals surface area contributed by atoms with Crippen LogP contribution < -0.4 is 5.32 Å². The minimum absolute atomic E-state index is 0.142. The van der Waals surface area contributed by atoms with Crippen LogP contribution in [0.4, 0.5) is 5.69 Å². The molecule has 0 saturated carbocycles. The van der Waals surface area contributed by atoms with E-state index in [1.54, 1.807) is 0 Å². The van der Waals surface area contributed by atoms with Gasteiger partial charge in [0.2, 0.25) is 0 Å². The summed E-state index contributed by atoms with van der Waals surface area (Å²) in [5.41, 5.74) is 2.25. The number of aliphatic carboxylic acids is 1. The van der Waals surface area contributed by atoms with Crippen molar-refractivity contribution in [3.63, 3.8) is 0 Å². The molecule has 0 aromatic heterocycles. The lowest BCUT2D eigenvalue weighted by Crippen LogP contribution is -2.14. The lowest BCUT2D eigenvalue weighted by atomic mass is 10.1. The Morgan fingerprint density at radius 3 is 2.87 bits per heavy atom. The highest BCUT2D eigenvalue weighted by atomic mass is 16.4. The maximum Gasteiger partial charge on any atom is 0.303 e. The molecule has 3 nitrogen and oxygen atoms in total. The third-order valence-electron chi connectivity index (χ3n) is 2.20. The van der Waals surface area contributed by atoms with Gasteiger partial charge in [0.1, 0.15) is 0 Å². The van der Waals surface area contributed by atoms with Crippen LogP contribution in [-0.2, 0) is 4.79 Å². The number of carboxylic acids is 1. The Morgan fingerprint density at radius 2 is 2.27 bits per heavy atom. The monoisotopic (exact) mass is 207 g/mol. The van der Waals surface area contributed by atoms with Crippen LogP contribution in [0.2, 0.25) is 0 Å². The van der Waals surface area contributed by atoms with E-state index in [1.165, 1.54) is 5.56 Å². The molecule has 0 aliphatic rings. The molecule has 0 heterocycles. The number of nitrogens with one attached hydrogen (secondary N) is 1. The van der Waals surface area contributed by atoms with Gasteiger partial charge < -0.3 is 10.4 Å². The summed E-state index contributed by atoms with van der Waals surface area (Å²) in [6.07, 6.45) is 0.207. The number of aryl methyl sites for hydroxylation is 1. The van der Waals surface area contributed by atoms with E-state index in [2.05, 4.69) is 5.32 Å². The maximum absolute atomic E-state index is 10.4. The Labute approximate surface area is 90.1 Å². The molecule has 2 N–H and O–H groups in total. The summed E-state index contributed by atoms with van der Waals surface area (Å²) in [7, 11) is 0. The average Bonchev–Trinajstić information content (AvgIpc) is 2.14.